The van der Waals surface area contributed by atoms with Gasteiger partial charge in [0.15, 0.2) is 0 Å². The van der Waals surface area contributed by atoms with Crippen LogP contribution >= 0.6 is 0 Å². The Morgan fingerprint density at radius 3 is 1.62 bits per heavy atom. The molecule has 76 valence electrons. The zero-order valence-corrected chi connectivity index (χ0v) is 8.58. The number of hydrogen-bond acceptors (Lipinski definition) is 1. The van der Waals surface area contributed by atoms with Gasteiger partial charge in [-0.15, -0.1) is 0 Å². The molecule has 1 saturated carbocycles. The zero-order valence-electron chi connectivity index (χ0n) is 8.58. The van der Waals surface area contributed by atoms with Gasteiger partial charge in [0.25, 0.3) is 5.92 Å². The van der Waals surface area contributed by atoms with E-state index in [1.165, 1.54) is 0 Å². The summed E-state index contributed by atoms with van der Waals surface area (Å²) in [6.07, 6.45) is 0.680. The lowest BCUT2D eigenvalue weighted by Gasteiger charge is -2.28. The van der Waals surface area contributed by atoms with Gasteiger partial charge in [-0.1, -0.05) is 20.8 Å². The third-order valence-electron chi connectivity index (χ3n) is 2.71. The average molecular weight is 190 g/mol. The molecule has 0 saturated heterocycles. The topological polar surface area (TPSA) is 17.1 Å². The fourth-order valence-corrected chi connectivity index (χ4v) is 1.71. The first kappa shape index (κ1) is 10.6. The Bertz CT molecular complexity index is 228. The van der Waals surface area contributed by atoms with Gasteiger partial charge >= 0.3 is 0 Å². The molecule has 0 unspecified atom stereocenters. The van der Waals surface area contributed by atoms with Crippen LogP contribution in [0.25, 0.3) is 0 Å². The van der Waals surface area contributed by atoms with Crippen LogP contribution in [0.3, 0.4) is 0 Å². The Morgan fingerprint density at radius 1 is 1.15 bits per heavy atom. The molecule has 0 aliphatic heterocycles. The van der Waals surface area contributed by atoms with Crippen LogP contribution in [0.4, 0.5) is 8.78 Å². The highest BCUT2D eigenvalue weighted by molar-refractivity contribution is 5.92. The summed E-state index contributed by atoms with van der Waals surface area (Å²) < 4.78 is 26.2. The molecule has 0 aromatic carbocycles. The van der Waals surface area contributed by atoms with E-state index in [4.69, 9.17) is 0 Å². The van der Waals surface area contributed by atoms with E-state index >= 15 is 0 Å². The van der Waals surface area contributed by atoms with Crippen LogP contribution < -0.4 is 0 Å². The van der Waals surface area contributed by atoms with E-state index in [1.807, 2.05) is 0 Å². The minimum absolute atomic E-state index is 0.299. The number of Topliss-reactive ketones (excluding diaryl/α,β-unsaturated/α-hetero) is 1. The van der Waals surface area contributed by atoms with Gasteiger partial charge in [-0.3, -0.25) is 4.79 Å². The molecule has 0 spiro atoms. The Balaban J connectivity index is 2.91. The predicted octanol–water partition coefficient (Wildman–Crippen LogP) is 3.04. The fraction of sp³-hybridized carbons (Fsp3) is 0.900. The van der Waals surface area contributed by atoms with Crippen molar-refractivity contribution in [3.05, 3.63) is 0 Å². The minimum atomic E-state index is -2.86. The third-order valence-corrected chi connectivity index (χ3v) is 2.71. The van der Waals surface area contributed by atoms with Crippen molar-refractivity contribution in [1.29, 1.82) is 0 Å². The highest BCUT2D eigenvalue weighted by atomic mass is 19.3. The van der Waals surface area contributed by atoms with Crippen molar-refractivity contribution in [3.63, 3.8) is 0 Å². The monoisotopic (exact) mass is 190 g/mol. The Morgan fingerprint density at radius 2 is 1.54 bits per heavy atom. The van der Waals surface area contributed by atoms with Crippen molar-refractivity contribution >= 4 is 5.78 Å². The summed E-state index contributed by atoms with van der Waals surface area (Å²) in [5.41, 5.74) is -2.00. The van der Waals surface area contributed by atoms with Crippen LogP contribution in [0.2, 0.25) is 0 Å². The van der Waals surface area contributed by atoms with E-state index in [0.717, 1.165) is 6.92 Å². The molecule has 0 aromatic rings. The van der Waals surface area contributed by atoms with Gasteiger partial charge < -0.3 is 0 Å². The van der Waals surface area contributed by atoms with Crippen molar-refractivity contribution in [2.24, 2.45) is 10.8 Å². The number of alkyl halides is 2. The maximum atomic E-state index is 13.1. The van der Waals surface area contributed by atoms with Crippen molar-refractivity contribution < 1.29 is 13.6 Å². The molecule has 1 aliphatic rings. The van der Waals surface area contributed by atoms with Crippen molar-refractivity contribution in [2.75, 3.05) is 0 Å². The van der Waals surface area contributed by atoms with Gasteiger partial charge in [0, 0.05) is 12.3 Å². The molecule has 1 fully saturated rings. The number of carbonyl (C=O) groups is 1. The average Bonchev–Trinajstić information content (AvgIpc) is 2.60. The largest absolute Gasteiger partial charge is 0.298 e. The first-order valence-electron chi connectivity index (χ1n) is 4.54. The van der Waals surface area contributed by atoms with E-state index in [9.17, 15) is 13.6 Å². The summed E-state index contributed by atoms with van der Waals surface area (Å²) >= 11 is 0. The lowest BCUT2D eigenvalue weighted by atomic mass is 9.78. The number of carbonyl (C=O) groups excluding carboxylic acids is 1. The Hall–Kier alpha value is -0.470. The second-order valence-corrected chi connectivity index (χ2v) is 5.05. The van der Waals surface area contributed by atoms with E-state index in [2.05, 4.69) is 0 Å². The SMILES string of the molecule is CC(C)(C)C(=O)C1(C(C)(F)F)CC1. The van der Waals surface area contributed by atoms with Crippen LogP contribution in [0.15, 0.2) is 0 Å². The summed E-state index contributed by atoms with van der Waals surface area (Å²) in [5, 5.41) is 0. The van der Waals surface area contributed by atoms with Gasteiger partial charge in [0.1, 0.15) is 5.78 Å². The first-order chi connectivity index (χ1) is 5.61. The summed E-state index contributed by atoms with van der Waals surface area (Å²) in [5.74, 6) is -3.16. The molecule has 0 aromatic heterocycles. The number of rotatable bonds is 2. The van der Waals surface area contributed by atoms with Gasteiger partial charge in [0.2, 0.25) is 0 Å². The molecule has 1 nitrogen and oxygen atoms in total. The molecule has 3 heteroatoms. The Kier molecular flexibility index (Phi) is 2.06. The number of ketones is 1. The molecular weight excluding hydrogens is 174 g/mol. The van der Waals surface area contributed by atoms with Crippen LogP contribution in [0, 0.1) is 10.8 Å². The van der Waals surface area contributed by atoms with Crippen LogP contribution in [0.5, 0.6) is 0 Å². The van der Waals surface area contributed by atoms with E-state index < -0.39 is 16.8 Å². The van der Waals surface area contributed by atoms with Gasteiger partial charge in [-0.25, -0.2) is 8.78 Å². The standard InChI is InChI=1S/C10H16F2O/c1-8(2,3)7(13)10(5-6-10)9(4,11)12/h5-6H2,1-4H3. The summed E-state index contributed by atoms with van der Waals surface area (Å²) in [7, 11) is 0. The predicted molar refractivity (Wildman–Crippen MR) is 46.8 cm³/mol. The molecule has 0 N–H and O–H groups in total. The highest BCUT2D eigenvalue weighted by Gasteiger charge is 2.65. The van der Waals surface area contributed by atoms with E-state index in [-0.39, 0.29) is 5.78 Å². The number of halogens is 2. The van der Waals surface area contributed by atoms with E-state index in [0.29, 0.717) is 12.8 Å². The molecule has 0 amide bonds. The normalized spacial score (nSPS) is 21.4. The molecule has 0 bridgehead atoms. The molecule has 13 heavy (non-hydrogen) atoms. The third kappa shape index (κ3) is 1.61. The first-order valence-corrected chi connectivity index (χ1v) is 4.54. The quantitative estimate of drug-likeness (QED) is 0.654. The molecule has 1 aliphatic carbocycles. The van der Waals surface area contributed by atoms with Crippen molar-refractivity contribution in [2.45, 2.75) is 46.5 Å². The van der Waals surface area contributed by atoms with Crippen LogP contribution in [0.1, 0.15) is 40.5 Å². The maximum absolute atomic E-state index is 13.1. The Labute approximate surface area is 77.5 Å². The lowest BCUT2D eigenvalue weighted by Crippen LogP contribution is -2.40. The van der Waals surface area contributed by atoms with Crippen molar-refractivity contribution in [3.8, 4) is 0 Å². The van der Waals surface area contributed by atoms with Crippen molar-refractivity contribution in [1.82, 2.24) is 0 Å². The zero-order chi connectivity index (χ0) is 10.5. The van der Waals surface area contributed by atoms with Crippen LogP contribution in [-0.2, 0) is 4.79 Å². The number of hydrogen-bond donors (Lipinski definition) is 0. The lowest BCUT2D eigenvalue weighted by molar-refractivity contribution is -0.147. The van der Waals surface area contributed by atoms with Gasteiger partial charge in [0.05, 0.1) is 5.41 Å². The van der Waals surface area contributed by atoms with Gasteiger partial charge in [-0.2, -0.15) is 0 Å². The minimum Gasteiger partial charge on any atom is -0.298 e. The fourth-order valence-electron chi connectivity index (χ4n) is 1.71. The van der Waals surface area contributed by atoms with Gasteiger partial charge in [-0.05, 0) is 12.8 Å². The second-order valence-electron chi connectivity index (χ2n) is 5.05. The molecule has 0 radical (unpaired) electrons. The molecule has 1 rings (SSSR count). The molecule has 0 heterocycles. The van der Waals surface area contributed by atoms with Crippen LogP contribution in [-0.4, -0.2) is 11.7 Å². The molecular formula is C10H16F2O. The van der Waals surface area contributed by atoms with E-state index in [1.54, 1.807) is 20.8 Å². The summed E-state index contributed by atoms with van der Waals surface area (Å²) in [4.78, 5) is 11.7. The maximum Gasteiger partial charge on any atom is 0.257 e. The highest BCUT2D eigenvalue weighted by Crippen LogP contribution is 2.59. The smallest absolute Gasteiger partial charge is 0.257 e. The second kappa shape index (κ2) is 2.52. The molecule has 0 atom stereocenters. The summed E-state index contributed by atoms with van der Waals surface area (Å²) in [6, 6.07) is 0. The summed E-state index contributed by atoms with van der Waals surface area (Å²) in [6.45, 7) is 5.94.